The van der Waals surface area contributed by atoms with Crippen LogP contribution in [0.4, 0.5) is 0 Å². The van der Waals surface area contributed by atoms with Crippen LogP contribution >= 0.6 is 0 Å². The fraction of sp³-hybridized carbons (Fsp3) is 0.909. The molecule has 0 saturated heterocycles. The largest absolute Gasteiger partial charge is 0.480 e. The molecule has 0 rings (SSSR count). The fourth-order valence-electron chi connectivity index (χ4n) is 1.23. The van der Waals surface area contributed by atoms with Gasteiger partial charge in [0, 0.05) is 0 Å². The number of hydrogen-bond acceptors (Lipinski definition) is 4. The molecule has 0 aromatic heterocycles. The van der Waals surface area contributed by atoms with Crippen molar-refractivity contribution in [2.75, 3.05) is 12.4 Å². The quantitative estimate of drug-likeness (QED) is 0.721. The first-order valence-electron chi connectivity index (χ1n) is 5.80. The average Bonchev–Trinajstić information content (AvgIpc) is 2.11. The molecule has 0 bridgehead atoms. The summed E-state index contributed by atoms with van der Waals surface area (Å²) in [5, 5.41) is 9.03. The van der Waals surface area contributed by atoms with Gasteiger partial charge in [-0.3, -0.25) is 4.79 Å². The summed E-state index contributed by atoms with van der Waals surface area (Å²) in [4.78, 5) is 11.0. The minimum atomic E-state index is -3.66. The molecular formula is C11H23NO5S. The monoisotopic (exact) mass is 281 g/mol. The van der Waals surface area contributed by atoms with Crippen molar-refractivity contribution in [2.45, 2.75) is 46.8 Å². The third-order valence-corrected chi connectivity index (χ3v) is 3.51. The predicted molar refractivity (Wildman–Crippen MR) is 68.9 cm³/mol. The molecule has 108 valence electrons. The molecular weight excluding hydrogens is 258 g/mol. The summed E-state index contributed by atoms with van der Waals surface area (Å²) in [5.41, 5.74) is -0.697. The fourth-order valence-corrected chi connectivity index (χ4v) is 2.48. The maximum Gasteiger partial charge on any atom is 0.322 e. The van der Waals surface area contributed by atoms with Crippen LogP contribution in [0.1, 0.15) is 34.6 Å². The van der Waals surface area contributed by atoms with Gasteiger partial charge in [0.15, 0.2) is 0 Å². The number of carboxylic acids is 1. The van der Waals surface area contributed by atoms with Gasteiger partial charge in [0.25, 0.3) is 0 Å². The van der Waals surface area contributed by atoms with Gasteiger partial charge in [0.1, 0.15) is 6.04 Å². The molecule has 0 amide bonds. The number of hydrogen-bond donors (Lipinski definition) is 2. The number of ether oxygens (including phenoxy) is 1. The van der Waals surface area contributed by atoms with Crippen LogP contribution < -0.4 is 4.72 Å². The molecule has 0 radical (unpaired) electrons. The lowest BCUT2D eigenvalue weighted by molar-refractivity contribution is -0.141. The Balaban J connectivity index is 4.59. The van der Waals surface area contributed by atoms with Crippen molar-refractivity contribution in [3.05, 3.63) is 0 Å². The Kier molecular flexibility index (Phi) is 6.25. The standard InChI is InChI=1S/C11H23NO5S/c1-8(2)17-6-7-18(15,16)12-9(10(13)14)11(3,4)5/h8-9,12H,6-7H2,1-5H3,(H,13,14)/t9-/m1/s1. The van der Waals surface area contributed by atoms with E-state index in [1.807, 2.05) is 0 Å². The van der Waals surface area contributed by atoms with Crippen molar-refractivity contribution in [3.8, 4) is 0 Å². The summed E-state index contributed by atoms with van der Waals surface area (Å²) < 4.78 is 30.8. The van der Waals surface area contributed by atoms with Crippen molar-refractivity contribution < 1.29 is 23.1 Å². The minimum Gasteiger partial charge on any atom is -0.480 e. The highest BCUT2D eigenvalue weighted by Gasteiger charge is 2.34. The summed E-state index contributed by atoms with van der Waals surface area (Å²) in [6.45, 7) is 8.64. The van der Waals surface area contributed by atoms with Gasteiger partial charge in [-0.2, -0.15) is 0 Å². The second kappa shape index (κ2) is 6.49. The van der Waals surface area contributed by atoms with Crippen LogP contribution in [-0.4, -0.2) is 44.0 Å². The second-order valence-corrected chi connectivity index (χ2v) is 7.37. The highest BCUT2D eigenvalue weighted by atomic mass is 32.2. The Morgan fingerprint density at radius 1 is 1.33 bits per heavy atom. The van der Waals surface area contributed by atoms with Crippen LogP contribution in [0.15, 0.2) is 0 Å². The van der Waals surface area contributed by atoms with Gasteiger partial charge in [-0.15, -0.1) is 0 Å². The Morgan fingerprint density at radius 2 is 1.83 bits per heavy atom. The number of rotatable bonds is 7. The van der Waals surface area contributed by atoms with Gasteiger partial charge < -0.3 is 9.84 Å². The van der Waals surface area contributed by atoms with E-state index in [0.29, 0.717) is 0 Å². The van der Waals surface area contributed by atoms with Crippen LogP contribution in [0.5, 0.6) is 0 Å². The van der Waals surface area contributed by atoms with E-state index >= 15 is 0 Å². The van der Waals surface area contributed by atoms with E-state index in [1.54, 1.807) is 34.6 Å². The van der Waals surface area contributed by atoms with Crippen molar-refractivity contribution >= 4 is 16.0 Å². The molecule has 0 aromatic rings. The zero-order chi connectivity index (χ0) is 14.6. The van der Waals surface area contributed by atoms with E-state index in [0.717, 1.165) is 0 Å². The van der Waals surface area contributed by atoms with Gasteiger partial charge in [-0.25, -0.2) is 13.1 Å². The average molecular weight is 281 g/mol. The molecule has 1 atom stereocenters. The molecule has 18 heavy (non-hydrogen) atoms. The lowest BCUT2D eigenvalue weighted by atomic mass is 9.88. The summed E-state index contributed by atoms with van der Waals surface area (Å²) in [7, 11) is -3.66. The topological polar surface area (TPSA) is 92.7 Å². The van der Waals surface area contributed by atoms with Gasteiger partial charge >= 0.3 is 5.97 Å². The van der Waals surface area contributed by atoms with Crippen LogP contribution in [0.3, 0.4) is 0 Å². The van der Waals surface area contributed by atoms with Crippen LogP contribution in [0.2, 0.25) is 0 Å². The molecule has 6 nitrogen and oxygen atoms in total. The molecule has 0 heterocycles. The number of sulfonamides is 1. The minimum absolute atomic E-state index is 0.0451. The van der Waals surface area contributed by atoms with E-state index in [2.05, 4.69) is 4.72 Å². The summed E-state index contributed by atoms with van der Waals surface area (Å²) in [6, 6.07) is -1.15. The van der Waals surface area contributed by atoms with E-state index in [-0.39, 0.29) is 18.5 Å². The number of carboxylic acid groups (broad SMARTS) is 1. The highest BCUT2D eigenvalue weighted by Crippen LogP contribution is 2.20. The molecule has 0 spiro atoms. The Bertz CT molecular complexity index is 369. The predicted octanol–water partition coefficient (Wildman–Crippen LogP) is 0.830. The first-order chi connectivity index (χ1) is 7.96. The van der Waals surface area contributed by atoms with Gasteiger partial charge in [0.2, 0.25) is 10.0 Å². The smallest absolute Gasteiger partial charge is 0.322 e. The van der Waals surface area contributed by atoms with Crippen LogP contribution in [0.25, 0.3) is 0 Å². The zero-order valence-corrected chi connectivity index (χ0v) is 12.4. The molecule has 0 aromatic carbocycles. The summed E-state index contributed by atoms with van der Waals surface area (Å²) >= 11 is 0. The molecule has 2 N–H and O–H groups in total. The van der Waals surface area contributed by atoms with Crippen LogP contribution in [-0.2, 0) is 19.6 Å². The third kappa shape index (κ3) is 6.93. The normalized spacial score (nSPS) is 14.8. The Labute approximate surface area is 109 Å². The van der Waals surface area contributed by atoms with Crippen molar-refractivity contribution in [3.63, 3.8) is 0 Å². The molecule has 0 aliphatic rings. The first kappa shape index (κ1) is 17.3. The van der Waals surface area contributed by atoms with E-state index < -0.39 is 27.4 Å². The van der Waals surface area contributed by atoms with Crippen LogP contribution in [0, 0.1) is 5.41 Å². The van der Waals surface area contributed by atoms with Crippen molar-refractivity contribution in [1.82, 2.24) is 4.72 Å². The van der Waals surface area contributed by atoms with E-state index in [9.17, 15) is 13.2 Å². The Morgan fingerprint density at radius 3 is 2.17 bits per heavy atom. The number of aliphatic carboxylic acids is 1. The second-order valence-electron chi connectivity index (χ2n) is 5.49. The molecule has 0 fully saturated rings. The van der Waals surface area contributed by atoms with E-state index in [1.165, 1.54) is 0 Å². The third-order valence-electron chi connectivity index (χ3n) is 2.21. The van der Waals surface area contributed by atoms with Crippen molar-refractivity contribution in [1.29, 1.82) is 0 Å². The van der Waals surface area contributed by atoms with E-state index in [4.69, 9.17) is 9.84 Å². The maximum absolute atomic E-state index is 11.7. The zero-order valence-electron chi connectivity index (χ0n) is 11.6. The molecule has 0 unspecified atom stereocenters. The molecule has 0 aliphatic carbocycles. The highest BCUT2D eigenvalue weighted by molar-refractivity contribution is 7.89. The number of nitrogens with one attached hydrogen (secondary N) is 1. The lowest BCUT2D eigenvalue weighted by Crippen LogP contribution is -2.50. The maximum atomic E-state index is 11.7. The number of carbonyl (C=O) groups is 1. The first-order valence-corrected chi connectivity index (χ1v) is 7.45. The van der Waals surface area contributed by atoms with Crippen molar-refractivity contribution in [2.24, 2.45) is 5.41 Å². The summed E-state index contributed by atoms with van der Waals surface area (Å²) in [5.74, 6) is -1.43. The van der Waals surface area contributed by atoms with Gasteiger partial charge in [0.05, 0.1) is 18.5 Å². The summed E-state index contributed by atoms with van der Waals surface area (Å²) in [6.07, 6.45) is -0.0573. The SMILES string of the molecule is CC(C)OCCS(=O)(=O)N[C@H](C(=O)O)C(C)(C)C. The Hall–Kier alpha value is -0.660. The molecule has 0 saturated carbocycles. The van der Waals surface area contributed by atoms with Gasteiger partial charge in [-0.1, -0.05) is 20.8 Å². The van der Waals surface area contributed by atoms with Gasteiger partial charge in [-0.05, 0) is 19.3 Å². The molecule has 7 heteroatoms. The lowest BCUT2D eigenvalue weighted by Gasteiger charge is -2.27. The molecule has 0 aliphatic heterocycles.